The number of amides is 3. The second-order valence-electron chi connectivity index (χ2n) is 10.8. The topological polar surface area (TPSA) is 84.4 Å². The van der Waals surface area contributed by atoms with Crippen LogP contribution in [0.15, 0.2) is 48.6 Å². The number of aliphatic hydroxyl groups is 1. The van der Waals surface area contributed by atoms with Gasteiger partial charge in [0.2, 0.25) is 11.8 Å². The Hall–Kier alpha value is -2.78. The average molecular weight is 539 g/mol. The average Bonchev–Trinajstić information content (AvgIpc) is 3.18. The highest BCUT2D eigenvalue weighted by Gasteiger charge is 2.73. The first-order chi connectivity index (χ1) is 18.2. The molecule has 38 heavy (non-hydrogen) atoms. The fraction of sp³-hybridized carbons (Fsp3) is 0.552. The quantitative estimate of drug-likeness (QED) is 0.538. The van der Waals surface area contributed by atoms with E-state index in [1.807, 2.05) is 49.4 Å². The van der Waals surface area contributed by atoms with Crippen LogP contribution in [-0.2, 0) is 14.4 Å². The first kappa shape index (κ1) is 26.8. The number of benzene rings is 1. The Morgan fingerprint density at radius 2 is 1.66 bits per heavy atom. The molecule has 3 amide bonds. The van der Waals surface area contributed by atoms with Gasteiger partial charge in [-0.05, 0) is 51.5 Å². The predicted molar refractivity (Wildman–Crippen MR) is 151 cm³/mol. The van der Waals surface area contributed by atoms with E-state index in [0.717, 1.165) is 24.5 Å². The lowest BCUT2D eigenvalue weighted by molar-refractivity contribution is -0.143. The third-order valence-electron chi connectivity index (χ3n) is 8.61. The second kappa shape index (κ2) is 10.1. The van der Waals surface area contributed by atoms with Gasteiger partial charge in [-0.1, -0.05) is 24.3 Å². The maximum Gasteiger partial charge on any atom is 0.251 e. The minimum Gasteiger partial charge on any atom is -0.396 e. The highest BCUT2D eigenvalue weighted by Crippen LogP contribution is 2.65. The molecule has 8 nitrogen and oxygen atoms in total. The molecule has 0 saturated carbocycles. The summed E-state index contributed by atoms with van der Waals surface area (Å²) in [7, 11) is 1.77. The molecular formula is C29H38N4O4S. The molecule has 0 bridgehead atoms. The van der Waals surface area contributed by atoms with Gasteiger partial charge in [-0.2, -0.15) is 0 Å². The third kappa shape index (κ3) is 3.97. The smallest absolute Gasteiger partial charge is 0.251 e. The molecule has 0 aliphatic carbocycles. The maximum absolute atomic E-state index is 14.4. The molecule has 4 aliphatic heterocycles. The molecule has 1 aromatic carbocycles. The van der Waals surface area contributed by atoms with E-state index in [1.165, 1.54) is 0 Å². The van der Waals surface area contributed by atoms with Crippen LogP contribution in [0.25, 0.3) is 0 Å². The van der Waals surface area contributed by atoms with E-state index in [2.05, 4.69) is 24.8 Å². The number of carbonyl (C=O) groups excluding carboxylic acids is 3. The third-order valence-corrected chi connectivity index (χ3v) is 10.4. The van der Waals surface area contributed by atoms with Crippen molar-refractivity contribution < 1.29 is 19.5 Å². The van der Waals surface area contributed by atoms with Gasteiger partial charge in [-0.15, -0.1) is 11.8 Å². The summed E-state index contributed by atoms with van der Waals surface area (Å²) in [5, 5.41) is 9.59. The summed E-state index contributed by atoms with van der Waals surface area (Å²) < 4.78 is -1.47. The summed E-state index contributed by atoms with van der Waals surface area (Å²) in [5.41, 5.74) is 1.88. The lowest BCUT2D eigenvalue weighted by Crippen LogP contribution is -2.53. The Kier molecular flexibility index (Phi) is 7.11. The van der Waals surface area contributed by atoms with Gasteiger partial charge in [0.25, 0.3) is 5.91 Å². The molecule has 1 N–H and O–H groups in total. The van der Waals surface area contributed by atoms with E-state index >= 15 is 0 Å². The van der Waals surface area contributed by atoms with Crippen molar-refractivity contribution in [2.45, 2.75) is 42.7 Å². The van der Waals surface area contributed by atoms with E-state index in [1.54, 1.807) is 33.5 Å². The van der Waals surface area contributed by atoms with Crippen LogP contribution in [-0.4, -0.2) is 94.5 Å². The fourth-order valence-electron chi connectivity index (χ4n) is 6.79. The summed E-state index contributed by atoms with van der Waals surface area (Å²) in [6.07, 6.45) is 8.46. The van der Waals surface area contributed by atoms with Crippen LogP contribution in [0.3, 0.4) is 0 Å². The number of carbonyl (C=O) groups is 3. The van der Waals surface area contributed by atoms with Crippen molar-refractivity contribution in [3.05, 3.63) is 48.6 Å². The van der Waals surface area contributed by atoms with E-state index in [0.29, 0.717) is 19.5 Å². The first-order valence-electron chi connectivity index (χ1n) is 13.6. The van der Waals surface area contributed by atoms with E-state index < -0.39 is 27.4 Å². The molecule has 4 heterocycles. The Balaban J connectivity index is 1.57. The number of aliphatic hydroxyl groups excluding tert-OH is 1. The minimum atomic E-state index is -0.864. The highest BCUT2D eigenvalue weighted by molar-refractivity contribution is 8.02. The number of anilines is 2. The SMILES string of the molecule is CCN(CC)c1ccc(N2CC=C[C@]34S[C@@]5(C)C=CCN(C)C(=O)[C@H]5[C@H]3C(=O)N(CCCO)C4C2=O)cc1. The summed E-state index contributed by atoms with van der Waals surface area (Å²) in [6.45, 7) is 9.15. The van der Waals surface area contributed by atoms with Crippen LogP contribution < -0.4 is 9.80 Å². The normalized spacial score (nSPS) is 32.3. The number of likely N-dealkylation sites (tertiary alicyclic amines) is 1. The highest BCUT2D eigenvalue weighted by atomic mass is 32.2. The van der Waals surface area contributed by atoms with Gasteiger partial charge in [0.1, 0.15) is 6.04 Å². The molecule has 1 aromatic rings. The van der Waals surface area contributed by atoms with Crippen molar-refractivity contribution in [1.29, 1.82) is 0 Å². The zero-order valence-electron chi connectivity index (χ0n) is 22.7. The Labute approximate surface area is 229 Å². The number of hydrogen-bond donors (Lipinski definition) is 1. The molecule has 9 heteroatoms. The zero-order valence-corrected chi connectivity index (χ0v) is 23.5. The number of rotatable bonds is 7. The molecular weight excluding hydrogens is 500 g/mol. The van der Waals surface area contributed by atoms with Crippen LogP contribution in [0.4, 0.5) is 11.4 Å². The number of thioether (sulfide) groups is 1. The maximum atomic E-state index is 14.4. The van der Waals surface area contributed by atoms with Gasteiger partial charge in [-0.3, -0.25) is 14.4 Å². The van der Waals surface area contributed by atoms with Crippen molar-refractivity contribution >= 4 is 40.9 Å². The van der Waals surface area contributed by atoms with Gasteiger partial charge in [0, 0.05) is 62.5 Å². The molecule has 0 radical (unpaired) electrons. The molecule has 4 aliphatic rings. The molecule has 2 saturated heterocycles. The van der Waals surface area contributed by atoms with Crippen molar-refractivity contribution in [3.63, 3.8) is 0 Å². The van der Waals surface area contributed by atoms with Crippen molar-refractivity contribution in [3.8, 4) is 0 Å². The van der Waals surface area contributed by atoms with E-state index in [-0.39, 0.29) is 30.9 Å². The van der Waals surface area contributed by atoms with Crippen molar-refractivity contribution in [2.24, 2.45) is 11.8 Å². The van der Waals surface area contributed by atoms with Crippen LogP contribution in [0.1, 0.15) is 27.2 Å². The lowest BCUT2D eigenvalue weighted by Gasteiger charge is -2.37. The van der Waals surface area contributed by atoms with Crippen LogP contribution in [0, 0.1) is 11.8 Å². The number of nitrogens with zero attached hydrogens (tertiary/aromatic N) is 4. The van der Waals surface area contributed by atoms with Gasteiger partial charge in [0.05, 0.1) is 16.6 Å². The molecule has 0 aromatic heterocycles. The molecule has 2 fully saturated rings. The summed E-state index contributed by atoms with van der Waals surface area (Å²) in [6, 6.07) is 7.26. The minimum absolute atomic E-state index is 0.0584. The number of fused-ring (bicyclic) bond motifs is 2. The summed E-state index contributed by atoms with van der Waals surface area (Å²) in [5.74, 6) is -1.58. The molecule has 204 valence electrons. The molecule has 5 rings (SSSR count). The Morgan fingerprint density at radius 3 is 2.32 bits per heavy atom. The number of likely N-dealkylation sites (N-methyl/N-ethyl adjacent to an activating group) is 1. The van der Waals surface area contributed by atoms with Crippen LogP contribution in [0.2, 0.25) is 0 Å². The summed E-state index contributed by atoms with van der Waals surface area (Å²) >= 11 is 1.59. The summed E-state index contributed by atoms with van der Waals surface area (Å²) in [4.78, 5) is 49.5. The van der Waals surface area contributed by atoms with Gasteiger partial charge in [-0.25, -0.2) is 0 Å². The lowest BCUT2D eigenvalue weighted by atomic mass is 9.74. The standard InChI is InChI=1S/C29H38N4O4S/c1-5-31(6-2)20-10-12-21(13-11-20)32-17-8-15-29-23(26(36)33(18-9-19-34)24(29)27(32)37)22-25(35)30(4)16-7-14-28(22,3)38-29/h7-8,10-15,22-24,34H,5-6,9,16-19H2,1-4H3/t22-,23+,24?,28+,29+/m1/s1. The second-order valence-corrected chi connectivity index (χ2v) is 12.6. The zero-order chi connectivity index (χ0) is 27.2. The van der Waals surface area contributed by atoms with Crippen LogP contribution in [0.5, 0.6) is 0 Å². The fourth-order valence-corrected chi connectivity index (χ4v) is 8.95. The van der Waals surface area contributed by atoms with Gasteiger partial charge < -0.3 is 24.7 Å². The van der Waals surface area contributed by atoms with Crippen LogP contribution >= 0.6 is 11.8 Å². The Morgan fingerprint density at radius 1 is 0.974 bits per heavy atom. The van der Waals surface area contributed by atoms with Crippen molar-refractivity contribution in [1.82, 2.24) is 9.80 Å². The molecule has 5 atom stereocenters. The van der Waals surface area contributed by atoms with E-state index in [4.69, 9.17) is 0 Å². The monoisotopic (exact) mass is 538 g/mol. The Bertz CT molecular complexity index is 1170. The largest absolute Gasteiger partial charge is 0.396 e. The molecule has 1 spiro atoms. The van der Waals surface area contributed by atoms with Gasteiger partial charge in [0.15, 0.2) is 0 Å². The number of hydrogen-bond acceptors (Lipinski definition) is 6. The predicted octanol–water partition coefficient (Wildman–Crippen LogP) is 2.53. The van der Waals surface area contributed by atoms with Gasteiger partial charge >= 0.3 is 0 Å². The molecule has 1 unspecified atom stereocenters. The van der Waals surface area contributed by atoms with E-state index in [9.17, 15) is 19.5 Å². The van der Waals surface area contributed by atoms with Crippen molar-refractivity contribution in [2.75, 3.05) is 56.2 Å². The first-order valence-corrected chi connectivity index (χ1v) is 14.4.